The van der Waals surface area contributed by atoms with E-state index >= 15 is 0 Å². The Bertz CT molecular complexity index is 1040. The summed E-state index contributed by atoms with van der Waals surface area (Å²) in [6, 6.07) is 3.72. The van der Waals surface area contributed by atoms with Gasteiger partial charge in [0.2, 0.25) is 23.6 Å². The van der Waals surface area contributed by atoms with Gasteiger partial charge in [0.05, 0.1) is 0 Å². The fraction of sp³-hybridized carbons (Fsp3) is 0.593. The number of hydrogen-bond donors (Lipinski definition) is 0. The van der Waals surface area contributed by atoms with Crippen molar-refractivity contribution in [1.82, 2.24) is 20.1 Å². The molecule has 2 saturated carbocycles. The Morgan fingerprint density at radius 2 is 1.71 bits per heavy atom. The lowest BCUT2D eigenvalue weighted by Crippen LogP contribution is -2.44. The predicted molar refractivity (Wildman–Crippen MR) is 127 cm³/mol. The molecule has 0 bridgehead atoms. The van der Waals surface area contributed by atoms with Crippen LogP contribution in [0, 0.1) is 35.5 Å². The van der Waals surface area contributed by atoms with Crippen molar-refractivity contribution >= 4 is 11.8 Å². The minimum absolute atomic E-state index is 0.0575. The van der Waals surface area contributed by atoms with Crippen LogP contribution in [0.3, 0.4) is 0 Å². The third kappa shape index (κ3) is 4.98. The number of imide groups is 1. The van der Waals surface area contributed by atoms with Crippen molar-refractivity contribution in [2.75, 3.05) is 6.54 Å². The largest absolute Gasteiger partial charge is 0.421 e. The molecule has 3 unspecified atom stereocenters. The highest BCUT2D eigenvalue weighted by molar-refractivity contribution is 5.99. The Labute approximate surface area is 201 Å². The number of rotatable bonds is 8. The van der Waals surface area contributed by atoms with Gasteiger partial charge in [0.15, 0.2) is 0 Å². The average Bonchev–Trinajstić information content (AvgIpc) is 3.76. The van der Waals surface area contributed by atoms with Crippen molar-refractivity contribution in [2.45, 2.75) is 59.3 Å². The second-order valence-electron chi connectivity index (χ2n) is 10.7. The van der Waals surface area contributed by atoms with Gasteiger partial charge < -0.3 is 4.42 Å². The number of pyridine rings is 1. The second-order valence-corrected chi connectivity index (χ2v) is 10.7. The zero-order valence-electron chi connectivity index (χ0n) is 20.3. The Morgan fingerprint density at radius 3 is 2.29 bits per heavy atom. The summed E-state index contributed by atoms with van der Waals surface area (Å²) in [6.07, 6.45) is 11.1. The van der Waals surface area contributed by atoms with Crippen LogP contribution >= 0.6 is 0 Å². The molecule has 2 aromatic rings. The molecule has 7 nitrogen and oxygen atoms in total. The number of nitrogens with zero attached hydrogens (tertiary/aromatic N) is 4. The average molecular weight is 463 g/mol. The topological polar surface area (TPSA) is 89.2 Å². The zero-order valence-corrected chi connectivity index (χ0v) is 20.3. The number of allylic oxidation sites excluding steroid dienone is 1. The number of amides is 2. The predicted octanol–water partition coefficient (Wildman–Crippen LogP) is 4.70. The second kappa shape index (κ2) is 9.43. The van der Waals surface area contributed by atoms with Crippen LogP contribution in [0.15, 0.2) is 40.6 Å². The van der Waals surface area contributed by atoms with Gasteiger partial charge >= 0.3 is 0 Å². The summed E-state index contributed by atoms with van der Waals surface area (Å²) in [6.45, 7) is 7.16. The highest BCUT2D eigenvalue weighted by Crippen LogP contribution is 2.41. The van der Waals surface area contributed by atoms with E-state index in [2.05, 4.69) is 42.0 Å². The molecule has 0 spiro atoms. The molecule has 0 saturated heterocycles. The molecule has 0 N–H and O–H groups in total. The monoisotopic (exact) mass is 462 g/mol. The van der Waals surface area contributed by atoms with Crippen LogP contribution < -0.4 is 0 Å². The van der Waals surface area contributed by atoms with Crippen molar-refractivity contribution in [3.8, 4) is 11.5 Å². The summed E-state index contributed by atoms with van der Waals surface area (Å²) >= 11 is 0. The minimum atomic E-state index is 0.0575. The first-order valence-corrected chi connectivity index (χ1v) is 12.7. The van der Waals surface area contributed by atoms with Gasteiger partial charge in [0.25, 0.3) is 0 Å². The molecule has 5 rings (SSSR count). The van der Waals surface area contributed by atoms with Crippen molar-refractivity contribution in [3.63, 3.8) is 0 Å². The molecular formula is C27H34N4O3. The SMILES string of the molecule is CC1=CC(CN(C(=O)C2CC2)C(=O)C2CC2)C(C(C)C)CC1Cc1nnc(-c2ccncc2)o1. The van der Waals surface area contributed by atoms with Crippen LogP contribution in [-0.4, -0.2) is 38.4 Å². The smallest absolute Gasteiger partial charge is 0.247 e. The standard InChI is InChI=1S/C27H34N4O3/c1-16(2)23-13-21(14-24-29-30-25(34-24)18-8-10-28-11-9-18)17(3)12-22(23)15-31(26(32)19-4-5-19)27(33)20-6-7-20/h8-12,16,19-23H,4-7,13-15H2,1-3H3. The van der Waals surface area contributed by atoms with Gasteiger partial charge in [0.1, 0.15) is 0 Å². The summed E-state index contributed by atoms with van der Waals surface area (Å²) in [5.74, 6) is 2.73. The van der Waals surface area contributed by atoms with E-state index in [1.165, 1.54) is 5.57 Å². The lowest BCUT2D eigenvalue weighted by molar-refractivity contribution is -0.147. The third-order valence-electron chi connectivity index (χ3n) is 7.68. The fourth-order valence-corrected chi connectivity index (χ4v) is 5.24. The van der Waals surface area contributed by atoms with Crippen LogP contribution in [0.1, 0.15) is 58.8 Å². The Kier molecular flexibility index (Phi) is 6.36. The van der Waals surface area contributed by atoms with Crippen LogP contribution in [0.5, 0.6) is 0 Å². The maximum absolute atomic E-state index is 13.0. The molecule has 34 heavy (non-hydrogen) atoms. The van der Waals surface area contributed by atoms with Gasteiger partial charge in [-0.3, -0.25) is 19.5 Å². The summed E-state index contributed by atoms with van der Waals surface area (Å²) in [4.78, 5) is 31.6. The third-order valence-corrected chi connectivity index (χ3v) is 7.68. The molecule has 3 aliphatic rings. The van der Waals surface area contributed by atoms with Gasteiger partial charge in [-0.05, 0) is 74.8 Å². The van der Waals surface area contributed by atoms with Crippen molar-refractivity contribution in [2.24, 2.45) is 35.5 Å². The maximum atomic E-state index is 13.0. The molecule has 3 atom stereocenters. The molecule has 180 valence electrons. The van der Waals surface area contributed by atoms with E-state index in [1.807, 2.05) is 12.1 Å². The van der Waals surface area contributed by atoms with E-state index in [9.17, 15) is 9.59 Å². The van der Waals surface area contributed by atoms with Crippen LogP contribution in [-0.2, 0) is 16.0 Å². The summed E-state index contributed by atoms with van der Waals surface area (Å²) in [7, 11) is 0. The molecule has 0 aliphatic heterocycles. The first kappa shape index (κ1) is 22.9. The van der Waals surface area contributed by atoms with Gasteiger partial charge in [0, 0.05) is 42.8 Å². The Balaban J connectivity index is 1.32. The molecular weight excluding hydrogens is 428 g/mol. The summed E-state index contributed by atoms with van der Waals surface area (Å²) in [5, 5.41) is 8.52. The lowest BCUT2D eigenvalue weighted by Gasteiger charge is -2.39. The maximum Gasteiger partial charge on any atom is 0.247 e. The summed E-state index contributed by atoms with van der Waals surface area (Å²) < 4.78 is 5.96. The van der Waals surface area contributed by atoms with Gasteiger partial charge in [-0.15, -0.1) is 10.2 Å². The first-order valence-electron chi connectivity index (χ1n) is 12.7. The molecule has 0 radical (unpaired) electrons. The van der Waals surface area contributed by atoms with Crippen LogP contribution in [0.25, 0.3) is 11.5 Å². The highest BCUT2D eigenvalue weighted by atomic mass is 16.4. The number of aromatic nitrogens is 3. The van der Waals surface area contributed by atoms with E-state index in [0.717, 1.165) is 37.7 Å². The highest BCUT2D eigenvalue weighted by Gasteiger charge is 2.43. The zero-order chi connectivity index (χ0) is 23.8. The van der Waals surface area contributed by atoms with Crippen LogP contribution in [0.4, 0.5) is 0 Å². The fourth-order valence-electron chi connectivity index (χ4n) is 5.24. The number of carbonyl (C=O) groups is 2. The Hall–Kier alpha value is -2.83. The molecule has 2 aromatic heterocycles. The molecule has 0 aromatic carbocycles. The van der Waals surface area contributed by atoms with Crippen molar-refractivity contribution < 1.29 is 14.0 Å². The van der Waals surface area contributed by atoms with E-state index in [0.29, 0.717) is 42.5 Å². The molecule has 3 aliphatic carbocycles. The van der Waals surface area contributed by atoms with Crippen molar-refractivity contribution in [1.29, 1.82) is 0 Å². The van der Waals surface area contributed by atoms with Crippen molar-refractivity contribution in [3.05, 3.63) is 42.1 Å². The number of hydrogen-bond acceptors (Lipinski definition) is 6. The van der Waals surface area contributed by atoms with E-state index in [-0.39, 0.29) is 29.6 Å². The number of carbonyl (C=O) groups excluding carboxylic acids is 2. The molecule has 2 heterocycles. The normalized spacial score (nSPS) is 24.7. The molecule has 7 heteroatoms. The molecule has 2 amide bonds. The van der Waals surface area contributed by atoms with E-state index in [4.69, 9.17) is 4.42 Å². The van der Waals surface area contributed by atoms with E-state index < -0.39 is 0 Å². The first-order chi connectivity index (χ1) is 16.4. The molecule has 2 fully saturated rings. The lowest BCUT2D eigenvalue weighted by atomic mass is 9.69. The summed E-state index contributed by atoms with van der Waals surface area (Å²) in [5.41, 5.74) is 2.15. The van der Waals surface area contributed by atoms with E-state index in [1.54, 1.807) is 17.3 Å². The van der Waals surface area contributed by atoms with Gasteiger partial charge in [-0.2, -0.15) is 0 Å². The Morgan fingerprint density at radius 1 is 1.06 bits per heavy atom. The quantitative estimate of drug-likeness (QED) is 0.417. The minimum Gasteiger partial charge on any atom is -0.421 e. The van der Waals surface area contributed by atoms with Gasteiger partial charge in [-0.25, -0.2) is 0 Å². The van der Waals surface area contributed by atoms with Crippen LogP contribution in [0.2, 0.25) is 0 Å². The van der Waals surface area contributed by atoms with Gasteiger partial charge in [-0.1, -0.05) is 25.5 Å².